The predicted octanol–water partition coefficient (Wildman–Crippen LogP) is 4.32. The summed E-state index contributed by atoms with van der Waals surface area (Å²) in [5.41, 5.74) is 2.41. The van der Waals surface area contributed by atoms with E-state index in [2.05, 4.69) is 21.2 Å². The molecule has 1 N–H and O–H groups in total. The van der Waals surface area contributed by atoms with E-state index in [-0.39, 0.29) is 23.9 Å². The van der Waals surface area contributed by atoms with Gasteiger partial charge in [0.25, 0.3) is 5.91 Å². The van der Waals surface area contributed by atoms with Crippen LogP contribution in [0.5, 0.6) is 0 Å². The summed E-state index contributed by atoms with van der Waals surface area (Å²) in [6, 6.07) is 12.7. The lowest BCUT2D eigenvalue weighted by Crippen LogP contribution is -2.44. The Bertz CT molecular complexity index is 760. The number of rotatable bonds is 2. The zero-order chi connectivity index (χ0) is 15.3. The van der Waals surface area contributed by atoms with Gasteiger partial charge in [-0.25, -0.2) is 4.39 Å². The first-order valence-corrected chi connectivity index (χ1v) is 8.07. The standard InChI is InChI=1S/C17H14BrFN2O/c18-13-9-10(5-8-14(13)19)16-20-15-4-2-1-3-12(15)17(22)21(16)11-6-7-11/h1-5,8-9,11,16,20H,6-7H2/t16-/m0/s1. The molecule has 1 fully saturated rings. The van der Waals surface area contributed by atoms with Crippen molar-refractivity contribution >= 4 is 27.5 Å². The molecule has 3 nitrogen and oxygen atoms in total. The number of halogens is 2. The van der Waals surface area contributed by atoms with Crippen LogP contribution in [0.2, 0.25) is 0 Å². The van der Waals surface area contributed by atoms with Crippen molar-refractivity contribution in [2.24, 2.45) is 0 Å². The van der Waals surface area contributed by atoms with Crippen LogP contribution in [-0.2, 0) is 0 Å². The van der Waals surface area contributed by atoms with Gasteiger partial charge in [0.2, 0.25) is 0 Å². The third-order valence-corrected chi connectivity index (χ3v) is 4.77. The van der Waals surface area contributed by atoms with Gasteiger partial charge in [-0.1, -0.05) is 18.2 Å². The average molecular weight is 361 g/mol. The molecule has 1 saturated carbocycles. The smallest absolute Gasteiger partial charge is 0.258 e. The van der Waals surface area contributed by atoms with Gasteiger partial charge in [-0.3, -0.25) is 4.79 Å². The molecule has 0 bridgehead atoms. The number of anilines is 1. The first-order chi connectivity index (χ1) is 10.6. The Morgan fingerprint density at radius 1 is 1.18 bits per heavy atom. The number of benzene rings is 2. The third-order valence-electron chi connectivity index (χ3n) is 4.16. The van der Waals surface area contributed by atoms with Gasteiger partial charge in [0.1, 0.15) is 12.0 Å². The van der Waals surface area contributed by atoms with Gasteiger partial charge in [-0.05, 0) is 58.6 Å². The van der Waals surface area contributed by atoms with Crippen molar-refractivity contribution in [3.05, 3.63) is 63.9 Å². The first-order valence-electron chi connectivity index (χ1n) is 7.28. The number of nitrogens with zero attached hydrogens (tertiary/aromatic N) is 1. The van der Waals surface area contributed by atoms with Crippen LogP contribution in [-0.4, -0.2) is 16.8 Å². The summed E-state index contributed by atoms with van der Waals surface area (Å²) in [6.07, 6.45) is 1.79. The molecular weight excluding hydrogens is 347 g/mol. The second-order valence-electron chi connectivity index (χ2n) is 5.71. The number of hydrogen-bond donors (Lipinski definition) is 1. The van der Waals surface area contributed by atoms with Gasteiger partial charge >= 0.3 is 0 Å². The summed E-state index contributed by atoms with van der Waals surface area (Å²) in [7, 11) is 0. The molecule has 2 aromatic carbocycles. The van der Waals surface area contributed by atoms with Crippen molar-refractivity contribution in [2.45, 2.75) is 25.0 Å². The number of para-hydroxylation sites is 1. The number of nitrogens with one attached hydrogen (secondary N) is 1. The summed E-state index contributed by atoms with van der Waals surface area (Å²) in [4.78, 5) is 14.7. The first kappa shape index (κ1) is 13.8. The van der Waals surface area contributed by atoms with Crippen LogP contribution in [0.4, 0.5) is 10.1 Å². The Morgan fingerprint density at radius 2 is 1.95 bits per heavy atom. The monoisotopic (exact) mass is 360 g/mol. The molecule has 5 heteroatoms. The van der Waals surface area contributed by atoms with Crippen LogP contribution in [0.1, 0.15) is 34.9 Å². The van der Waals surface area contributed by atoms with E-state index in [1.165, 1.54) is 6.07 Å². The van der Waals surface area contributed by atoms with Gasteiger partial charge in [0.05, 0.1) is 10.0 Å². The van der Waals surface area contributed by atoms with Gasteiger partial charge in [0.15, 0.2) is 0 Å². The molecule has 0 saturated heterocycles. The van der Waals surface area contributed by atoms with Crippen molar-refractivity contribution in [1.82, 2.24) is 4.90 Å². The highest BCUT2D eigenvalue weighted by Gasteiger charge is 2.42. The fourth-order valence-corrected chi connectivity index (χ4v) is 3.32. The van der Waals surface area contributed by atoms with Gasteiger partial charge in [-0.15, -0.1) is 0 Å². The van der Waals surface area contributed by atoms with E-state index < -0.39 is 0 Å². The van der Waals surface area contributed by atoms with Crippen molar-refractivity contribution in [1.29, 1.82) is 0 Å². The molecule has 2 aliphatic rings. The molecule has 0 aromatic heterocycles. The molecule has 1 atom stereocenters. The summed E-state index contributed by atoms with van der Waals surface area (Å²) in [5, 5.41) is 3.42. The molecule has 22 heavy (non-hydrogen) atoms. The summed E-state index contributed by atoms with van der Waals surface area (Å²) in [5.74, 6) is -0.258. The lowest BCUT2D eigenvalue weighted by Gasteiger charge is -2.38. The van der Waals surface area contributed by atoms with Crippen molar-refractivity contribution in [2.75, 3.05) is 5.32 Å². The van der Waals surface area contributed by atoms with Crippen LogP contribution in [0.25, 0.3) is 0 Å². The molecule has 1 heterocycles. The minimum absolute atomic E-state index is 0.0438. The summed E-state index contributed by atoms with van der Waals surface area (Å²) in [6.45, 7) is 0. The number of fused-ring (bicyclic) bond motifs is 1. The van der Waals surface area contributed by atoms with E-state index in [0.717, 1.165) is 24.1 Å². The fourth-order valence-electron chi connectivity index (χ4n) is 2.92. The van der Waals surface area contributed by atoms with E-state index in [1.807, 2.05) is 29.2 Å². The summed E-state index contributed by atoms with van der Waals surface area (Å²) < 4.78 is 13.9. The van der Waals surface area contributed by atoms with Crippen molar-refractivity contribution in [3.63, 3.8) is 0 Å². The minimum Gasteiger partial charge on any atom is -0.361 e. The molecule has 1 aliphatic heterocycles. The largest absolute Gasteiger partial charge is 0.361 e. The molecule has 0 unspecified atom stereocenters. The second kappa shape index (κ2) is 5.09. The zero-order valence-corrected chi connectivity index (χ0v) is 13.3. The molecule has 4 rings (SSSR count). The van der Waals surface area contributed by atoms with E-state index in [9.17, 15) is 9.18 Å². The number of hydrogen-bond acceptors (Lipinski definition) is 2. The van der Waals surface area contributed by atoms with Crippen molar-refractivity contribution in [3.8, 4) is 0 Å². The van der Waals surface area contributed by atoms with Crippen molar-refractivity contribution < 1.29 is 9.18 Å². The van der Waals surface area contributed by atoms with Crippen LogP contribution in [0, 0.1) is 5.82 Å². The quantitative estimate of drug-likeness (QED) is 0.864. The Morgan fingerprint density at radius 3 is 2.68 bits per heavy atom. The second-order valence-corrected chi connectivity index (χ2v) is 6.56. The lowest BCUT2D eigenvalue weighted by atomic mass is 10.0. The van der Waals surface area contributed by atoms with Crippen LogP contribution >= 0.6 is 15.9 Å². The molecule has 0 spiro atoms. The number of carbonyl (C=O) groups is 1. The maximum absolute atomic E-state index is 13.5. The van der Waals surface area contributed by atoms with Crippen LogP contribution in [0.3, 0.4) is 0 Å². The predicted molar refractivity (Wildman–Crippen MR) is 86.1 cm³/mol. The zero-order valence-electron chi connectivity index (χ0n) is 11.7. The maximum Gasteiger partial charge on any atom is 0.258 e. The molecule has 2 aromatic rings. The van der Waals surface area contributed by atoms with Crippen LogP contribution in [0.15, 0.2) is 46.9 Å². The molecule has 112 valence electrons. The topological polar surface area (TPSA) is 32.3 Å². The number of carbonyl (C=O) groups excluding carboxylic acids is 1. The molecule has 1 amide bonds. The minimum atomic E-state index is -0.302. The highest BCUT2D eigenvalue weighted by molar-refractivity contribution is 9.10. The van der Waals surface area contributed by atoms with E-state index in [4.69, 9.17) is 0 Å². The SMILES string of the molecule is O=C1c2ccccc2N[C@H](c2ccc(F)c(Br)c2)N1C1CC1. The van der Waals surface area contributed by atoms with E-state index in [1.54, 1.807) is 12.1 Å². The third kappa shape index (κ3) is 2.20. The Hall–Kier alpha value is -1.88. The highest BCUT2D eigenvalue weighted by Crippen LogP contribution is 2.41. The molecule has 0 radical (unpaired) electrons. The molecular formula is C17H14BrFN2O. The van der Waals surface area contributed by atoms with E-state index >= 15 is 0 Å². The van der Waals surface area contributed by atoms with Crippen LogP contribution < -0.4 is 5.32 Å². The fraction of sp³-hybridized carbons (Fsp3) is 0.235. The van der Waals surface area contributed by atoms with Gasteiger partial charge in [-0.2, -0.15) is 0 Å². The maximum atomic E-state index is 13.5. The average Bonchev–Trinajstić information content (AvgIpc) is 3.34. The molecule has 1 aliphatic carbocycles. The van der Waals surface area contributed by atoms with Gasteiger partial charge < -0.3 is 10.2 Å². The Kier molecular flexibility index (Phi) is 3.18. The lowest BCUT2D eigenvalue weighted by molar-refractivity contribution is 0.0666. The van der Waals surface area contributed by atoms with Gasteiger partial charge in [0, 0.05) is 11.7 Å². The highest BCUT2D eigenvalue weighted by atomic mass is 79.9. The summed E-state index contributed by atoms with van der Waals surface area (Å²) >= 11 is 3.23. The number of amides is 1. The normalized spacial score (nSPS) is 20.5. The Labute approximate surface area is 136 Å². The Balaban J connectivity index is 1.80. The van der Waals surface area contributed by atoms with E-state index in [0.29, 0.717) is 10.0 Å².